The summed E-state index contributed by atoms with van der Waals surface area (Å²) in [6.45, 7) is 1.78. The molecule has 0 bridgehead atoms. The molecular weight excluding hydrogens is 255 g/mol. The Balaban J connectivity index is 2.49. The summed E-state index contributed by atoms with van der Waals surface area (Å²) in [6.07, 6.45) is 1.34. The van der Waals surface area contributed by atoms with Crippen molar-refractivity contribution in [3.05, 3.63) is 26.9 Å². The zero-order chi connectivity index (χ0) is 12.0. The van der Waals surface area contributed by atoms with Gasteiger partial charge in [0.15, 0.2) is 5.15 Å². The summed E-state index contributed by atoms with van der Waals surface area (Å²) in [6, 6.07) is 0. The van der Waals surface area contributed by atoms with Crippen LogP contribution in [-0.4, -0.2) is 36.5 Å². The van der Waals surface area contributed by atoms with Crippen molar-refractivity contribution in [2.75, 3.05) is 26.9 Å². The number of hydrogen-bond acceptors (Lipinski definition) is 4. The fraction of sp³-hybridized carbons (Fsp3) is 0.556. The quantitative estimate of drug-likeness (QED) is 0.574. The lowest BCUT2D eigenvalue weighted by atomic mass is 10.5. The normalized spacial score (nSPS) is 10.7. The van der Waals surface area contributed by atoms with Crippen molar-refractivity contribution in [2.24, 2.45) is 0 Å². The summed E-state index contributed by atoms with van der Waals surface area (Å²) >= 11 is 11.2. The Morgan fingerprint density at radius 3 is 2.81 bits per heavy atom. The first kappa shape index (κ1) is 13.4. The molecule has 1 aromatic heterocycles. The maximum absolute atomic E-state index is 11.5. The van der Waals surface area contributed by atoms with Crippen molar-refractivity contribution in [1.82, 2.24) is 9.55 Å². The van der Waals surface area contributed by atoms with Gasteiger partial charge in [-0.2, -0.15) is 0 Å². The molecule has 0 amide bonds. The van der Waals surface area contributed by atoms with E-state index in [1.165, 1.54) is 10.9 Å². The molecule has 0 unspecified atom stereocenters. The van der Waals surface area contributed by atoms with Crippen LogP contribution in [0.25, 0.3) is 0 Å². The van der Waals surface area contributed by atoms with Crippen molar-refractivity contribution >= 4 is 23.2 Å². The molecule has 0 aliphatic rings. The maximum atomic E-state index is 11.5. The van der Waals surface area contributed by atoms with Gasteiger partial charge in [-0.1, -0.05) is 23.2 Å². The second kappa shape index (κ2) is 6.85. The fourth-order valence-electron chi connectivity index (χ4n) is 1.01. The second-order valence-corrected chi connectivity index (χ2v) is 3.69. The number of rotatable bonds is 6. The second-order valence-electron chi connectivity index (χ2n) is 2.95. The molecule has 90 valence electrons. The molecule has 0 saturated carbocycles. The molecule has 1 heterocycles. The van der Waals surface area contributed by atoms with E-state index in [4.69, 9.17) is 32.7 Å². The molecule has 0 aromatic carbocycles. The molecule has 16 heavy (non-hydrogen) atoms. The van der Waals surface area contributed by atoms with Gasteiger partial charge in [-0.3, -0.25) is 9.36 Å². The van der Waals surface area contributed by atoms with Gasteiger partial charge in [-0.05, 0) is 0 Å². The predicted molar refractivity (Wildman–Crippen MR) is 61.2 cm³/mol. The Kier molecular flexibility index (Phi) is 5.76. The van der Waals surface area contributed by atoms with E-state index in [-0.39, 0.29) is 15.7 Å². The smallest absolute Gasteiger partial charge is 0.273 e. The third-order valence-electron chi connectivity index (χ3n) is 1.85. The Labute approximate surface area is 103 Å². The van der Waals surface area contributed by atoms with Gasteiger partial charge < -0.3 is 9.47 Å². The molecule has 5 nitrogen and oxygen atoms in total. The van der Waals surface area contributed by atoms with Crippen LogP contribution in [0, 0.1) is 0 Å². The number of nitrogens with zero attached hydrogens (tertiary/aromatic N) is 2. The van der Waals surface area contributed by atoms with Gasteiger partial charge in [-0.15, -0.1) is 0 Å². The summed E-state index contributed by atoms with van der Waals surface area (Å²) < 4.78 is 11.4. The minimum Gasteiger partial charge on any atom is -0.382 e. The number of methoxy groups -OCH3 is 1. The summed E-state index contributed by atoms with van der Waals surface area (Å²) in [5.41, 5.74) is -0.364. The van der Waals surface area contributed by atoms with Crippen LogP contribution in [0.5, 0.6) is 0 Å². The minimum absolute atomic E-state index is 0.0169. The third-order valence-corrected chi connectivity index (χ3v) is 2.57. The van der Waals surface area contributed by atoms with Crippen LogP contribution in [0.2, 0.25) is 10.2 Å². The number of halogens is 2. The lowest BCUT2D eigenvalue weighted by Crippen LogP contribution is -2.23. The van der Waals surface area contributed by atoms with Gasteiger partial charge in [0.25, 0.3) is 5.56 Å². The highest BCUT2D eigenvalue weighted by Crippen LogP contribution is 2.12. The molecule has 1 aromatic rings. The summed E-state index contributed by atoms with van der Waals surface area (Å²) in [5, 5.41) is -0.0516. The third kappa shape index (κ3) is 3.75. The van der Waals surface area contributed by atoms with Crippen molar-refractivity contribution in [3.8, 4) is 0 Å². The zero-order valence-electron chi connectivity index (χ0n) is 8.78. The number of ether oxygens (including phenoxy) is 2. The highest BCUT2D eigenvalue weighted by molar-refractivity contribution is 6.40. The monoisotopic (exact) mass is 266 g/mol. The van der Waals surface area contributed by atoms with E-state index in [0.29, 0.717) is 26.4 Å². The molecule has 0 radical (unpaired) electrons. The van der Waals surface area contributed by atoms with Gasteiger partial charge in [0.1, 0.15) is 5.02 Å². The predicted octanol–water partition coefficient (Wildman–Crippen LogP) is 1.21. The fourth-order valence-corrected chi connectivity index (χ4v) is 1.29. The van der Waals surface area contributed by atoms with E-state index in [1.54, 1.807) is 7.11 Å². The molecule has 0 saturated heterocycles. The average Bonchev–Trinajstić information content (AvgIpc) is 2.28. The van der Waals surface area contributed by atoms with Crippen molar-refractivity contribution in [3.63, 3.8) is 0 Å². The molecule has 0 atom stereocenters. The molecule has 0 fully saturated rings. The van der Waals surface area contributed by atoms with Crippen molar-refractivity contribution in [2.45, 2.75) is 6.54 Å². The van der Waals surface area contributed by atoms with E-state index < -0.39 is 0 Å². The molecule has 0 spiro atoms. The SMILES string of the molecule is COCCOCCn1cnc(Cl)c(Cl)c1=O. The topological polar surface area (TPSA) is 53.4 Å². The van der Waals surface area contributed by atoms with E-state index in [0.717, 1.165) is 0 Å². The van der Waals surface area contributed by atoms with Crippen LogP contribution in [0.1, 0.15) is 0 Å². The van der Waals surface area contributed by atoms with Crippen LogP contribution in [0.15, 0.2) is 11.1 Å². The first-order valence-corrected chi connectivity index (χ1v) is 5.39. The molecule has 0 aliphatic carbocycles. The highest BCUT2D eigenvalue weighted by atomic mass is 35.5. The number of hydrogen-bond donors (Lipinski definition) is 0. The lowest BCUT2D eigenvalue weighted by molar-refractivity contribution is 0.0662. The average molecular weight is 267 g/mol. The number of aromatic nitrogens is 2. The van der Waals surface area contributed by atoms with Gasteiger partial charge in [-0.25, -0.2) is 4.98 Å². The van der Waals surface area contributed by atoms with E-state index in [1.807, 2.05) is 0 Å². The lowest BCUT2D eigenvalue weighted by Gasteiger charge is -2.06. The zero-order valence-corrected chi connectivity index (χ0v) is 10.3. The van der Waals surface area contributed by atoms with Gasteiger partial charge in [0.05, 0.1) is 32.7 Å². The van der Waals surface area contributed by atoms with Crippen LogP contribution in [0.4, 0.5) is 0 Å². The van der Waals surface area contributed by atoms with Gasteiger partial charge >= 0.3 is 0 Å². The Morgan fingerprint density at radius 2 is 2.12 bits per heavy atom. The standard InChI is InChI=1S/C9H12Cl2N2O3/c1-15-4-5-16-3-2-13-6-12-8(11)7(10)9(13)14/h6H,2-5H2,1H3. The molecular formula is C9H12Cl2N2O3. The van der Waals surface area contributed by atoms with Crippen LogP contribution in [0.3, 0.4) is 0 Å². The molecule has 0 N–H and O–H groups in total. The van der Waals surface area contributed by atoms with Crippen LogP contribution >= 0.6 is 23.2 Å². The minimum atomic E-state index is -0.364. The molecule has 7 heteroatoms. The maximum Gasteiger partial charge on any atom is 0.273 e. The summed E-state index contributed by atoms with van der Waals surface area (Å²) in [5.74, 6) is 0. The van der Waals surface area contributed by atoms with E-state index >= 15 is 0 Å². The Bertz CT molecular complexity index is 395. The molecule has 1 rings (SSSR count). The van der Waals surface area contributed by atoms with Gasteiger partial charge in [0, 0.05) is 7.11 Å². The summed E-state index contributed by atoms with van der Waals surface area (Å²) in [4.78, 5) is 15.3. The van der Waals surface area contributed by atoms with Gasteiger partial charge in [0.2, 0.25) is 0 Å². The van der Waals surface area contributed by atoms with E-state index in [9.17, 15) is 4.79 Å². The largest absolute Gasteiger partial charge is 0.382 e. The van der Waals surface area contributed by atoms with E-state index in [2.05, 4.69) is 4.98 Å². The molecule has 0 aliphatic heterocycles. The Hall–Kier alpha value is -0.620. The first-order valence-electron chi connectivity index (χ1n) is 4.64. The first-order chi connectivity index (χ1) is 7.66. The Morgan fingerprint density at radius 1 is 1.38 bits per heavy atom. The summed E-state index contributed by atoms with van der Waals surface area (Å²) in [7, 11) is 1.59. The van der Waals surface area contributed by atoms with Crippen molar-refractivity contribution in [1.29, 1.82) is 0 Å². The van der Waals surface area contributed by atoms with Crippen LogP contribution < -0.4 is 5.56 Å². The van der Waals surface area contributed by atoms with Crippen LogP contribution in [-0.2, 0) is 16.0 Å². The van der Waals surface area contributed by atoms with Crippen molar-refractivity contribution < 1.29 is 9.47 Å². The highest BCUT2D eigenvalue weighted by Gasteiger charge is 2.06.